The van der Waals surface area contributed by atoms with Gasteiger partial charge in [-0.2, -0.15) is 0 Å². The molecule has 1 fully saturated rings. The highest BCUT2D eigenvalue weighted by molar-refractivity contribution is 4.90. The Morgan fingerprint density at radius 2 is 2.09 bits per heavy atom. The fourth-order valence-corrected chi connectivity index (χ4v) is 1.84. The molecule has 1 aliphatic rings. The fourth-order valence-electron chi connectivity index (χ4n) is 1.84. The van der Waals surface area contributed by atoms with Crippen molar-refractivity contribution in [2.24, 2.45) is 5.92 Å². The molecule has 0 aromatic heterocycles. The van der Waals surface area contributed by atoms with Crippen molar-refractivity contribution in [2.45, 2.75) is 51.6 Å². The van der Waals surface area contributed by atoms with Crippen LogP contribution in [0.5, 0.6) is 0 Å². The number of hydrogen-bond donors (Lipinski definition) is 0. The molecule has 0 aliphatic heterocycles. The van der Waals surface area contributed by atoms with Crippen molar-refractivity contribution in [1.82, 2.24) is 0 Å². The molecule has 0 aromatic carbocycles. The van der Waals surface area contributed by atoms with Crippen molar-refractivity contribution < 1.29 is 4.74 Å². The second-order valence-corrected chi connectivity index (χ2v) is 3.96. The molecule has 0 heterocycles. The normalized spacial score (nSPS) is 24.3. The van der Waals surface area contributed by atoms with E-state index in [4.69, 9.17) is 4.74 Å². The minimum absolute atomic E-state index is 0.287. The number of rotatable bonds is 4. The van der Waals surface area contributed by atoms with Crippen LogP contribution in [0, 0.1) is 5.92 Å². The van der Waals surface area contributed by atoms with Gasteiger partial charge in [-0.25, -0.2) is 0 Å². The summed E-state index contributed by atoms with van der Waals surface area (Å²) in [4.78, 5) is 0. The molecule has 66 valence electrons. The Balaban J connectivity index is 2.32. The zero-order valence-corrected chi connectivity index (χ0v) is 8.02. The van der Waals surface area contributed by atoms with Crippen LogP contribution in [-0.4, -0.2) is 12.7 Å². The minimum atomic E-state index is 0.287. The largest absolute Gasteiger partial charge is 0.378 e. The second-order valence-electron chi connectivity index (χ2n) is 3.96. The standard InChI is InChI=1S/C10H20O/c1-4-9(2)8-10(11-3)6-5-7-10/h9H,4-8H2,1-3H3. The summed E-state index contributed by atoms with van der Waals surface area (Å²) >= 11 is 0. The maximum atomic E-state index is 5.55. The van der Waals surface area contributed by atoms with E-state index < -0.39 is 0 Å². The topological polar surface area (TPSA) is 9.23 Å². The van der Waals surface area contributed by atoms with Gasteiger partial charge < -0.3 is 4.74 Å². The summed E-state index contributed by atoms with van der Waals surface area (Å²) in [6.45, 7) is 4.58. The summed E-state index contributed by atoms with van der Waals surface area (Å²) in [5.41, 5.74) is 0.287. The van der Waals surface area contributed by atoms with E-state index in [2.05, 4.69) is 13.8 Å². The van der Waals surface area contributed by atoms with Gasteiger partial charge in [0, 0.05) is 7.11 Å². The van der Waals surface area contributed by atoms with Crippen molar-refractivity contribution in [2.75, 3.05) is 7.11 Å². The first-order valence-electron chi connectivity index (χ1n) is 4.77. The molecule has 11 heavy (non-hydrogen) atoms. The van der Waals surface area contributed by atoms with Gasteiger partial charge in [-0.15, -0.1) is 0 Å². The van der Waals surface area contributed by atoms with Gasteiger partial charge in [0.1, 0.15) is 0 Å². The third kappa shape index (κ3) is 1.96. The molecule has 1 unspecified atom stereocenters. The highest BCUT2D eigenvalue weighted by Gasteiger charge is 2.37. The third-order valence-corrected chi connectivity index (χ3v) is 3.12. The molecule has 1 rings (SSSR count). The van der Waals surface area contributed by atoms with Crippen LogP contribution in [0.4, 0.5) is 0 Å². The summed E-state index contributed by atoms with van der Waals surface area (Å²) in [6, 6.07) is 0. The highest BCUT2D eigenvalue weighted by Crippen LogP contribution is 2.40. The van der Waals surface area contributed by atoms with E-state index >= 15 is 0 Å². The summed E-state index contributed by atoms with van der Waals surface area (Å²) in [5.74, 6) is 0.829. The molecular weight excluding hydrogens is 136 g/mol. The molecule has 1 saturated carbocycles. The van der Waals surface area contributed by atoms with Gasteiger partial charge in [0.15, 0.2) is 0 Å². The van der Waals surface area contributed by atoms with Crippen molar-refractivity contribution in [3.8, 4) is 0 Å². The maximum Gasteiger partial charge on any atom is 0.0681 e. The molecule has 0 N–H and O–H groups in total. The summed E-state index contributed by atoms with van der Waals surface area (Å²) in [7, 11) is 1.86. The van der Waals surface area contributed by atoms with Gasteiger partial charge in [0.2, 0.25) is 0 Å². The minimum Gasteiger partial charge on any atom is -0.378 e. The molecule has 0 saturated heterocycles. The molecule has 0 bridgehead atoms. The molecule has 0 aromatic rings. The zero-order valence-electron chi connectivity index (χ0n) is 8.02. The van der Waals surface area contributed by atoms with E-state index in [1.54, 1.807) is 0 Å². The van der Waals surface area contributed by atoms with Crippen molar-refractivity contribution in [3.63, 3.8) is 0 Å². The fraction of sp³-hybridized carbons (Fsp3) is 1.00. The van der Waals surface area contributed by atoms with Crippen LogP contribution in [0.15, 0.2) is 0 Å². The van der Waals surface area contributed by atoms with E-state index in [1.807, 2.05) is 7.11 Å². The van der Waals surface area contributed by atoms with Crippen LogP contribution in [-0.2, 0) is 4.74 Å². The van der Waals surface area contributed by atoms with Gasteiger partial charge in [-0.1, -0.05) is 20.3 Å². The van der Waals surface area contributed by atoms with Crippen LogP contribution in [0.3, 0.4) is 0 Å². The Morgan fingerprint density at radius 1 is 1.45 bits per heavy atom. The predicted molar refractivity (Wildman–Crippen MR) is 47.7 cm³/mol. The first kappa shape index (κ1) is 9.05. The lowest BCUT2D eigenvalue weighted by Gasteiger charge is -2.42. The summed E-state index contributed by atoms with van der Waals surface area (Å²) < 4.78 is 5.55. The molecule has 1 atom stereocenters. The molecule has 0 amide bonds. The first-order valence-corrected chi connectivity index (χ1v) is 4.77. The lowest BCUT2D eigenvalue weighted by Crippen LogP contribution is -2.40. The van der Waals surface area contributed by atoms with Gasteiger partial charge in [-0.05, 0) is 31.6 Å². The van der Waals surface area contributed by atoms with Crippen LogP contribution >= 0.6 is 0 Å². The van der Waals surface area contributed by atoms with Gasteiger partial charge in [0.05, 0.1) is 5.60 Å². The van der Waals surface area contributed by atoms with Crippen molar-refractivity contribution in [1.29, 1.82) is 0 Å². The highest BCUT2D eigenvalue weighted by atomic mass is 16.5. The van der Waals surface area contributed by atoms with Crippen LogP contribution in [0.25, 0.3) is 0 Å². The number of hydrogen-bond acceptors (Lipinski definition) is 1. The Bertz CT molecular complexity index is 111. The van der Waals surface area contributed by atoms with Gasteiger partial charge >= 0.3 is 0 Å². The molecule has 0 spiro atoms. The summed E-state index contributed by atoms with van der Waals surface area (Å²) in [5, 5.41) is 0. The second kappa shape index (κ2) is 3.57. The monoisotopic (exact) mass is 156 g/mol. The lowest BCUT2D eigenvalue weighted by atomic mass is 9.74. The Morgan fingerprint density at radius 3 is 2.36 bits per heavy atom. The maximum absolute atomic E-state index is 5.55. The molecule has 1 aliphatic carbocycles. The van der Waals surface area contributed by atoms with Crippen molar-refractivity contribution >= 4 is 0 Å². The van der Waals surface area contributed by atoms with Gasteiger partial charge in [0.25, 0.3) is 0 Å². The molecule has 1 nitrogen and oxygen atoms in total. The smallest absolute Gasteiger partial charge is 0.0681 e. The number of methoxy groups -OCH3 is 1. The molecular formula is C10H20O. The first-order chi connectivity index (χ1) is 5.22. The van der Waals surface area contributed by atoms with E-state index in [0.717, 1.165) is 5.92 Å². The van der Waals surface area contributed by atoms with E-state index in [0.29, 0.717) is 0 Å². The number of ether oxygens (including phenoxy) is 1. The van der Waals surface area contributed by atoms with Crippen LogP contribution in [0.1, 0.15) is 46.0 Å². The predicted octanol–water partition coefficient (Wildman–Crippen LogP) is 2.99. The Hall–Kier alpha value is -0.0400. The third-order valence-electron chi connectivity index (χ3n) is 3.12. The molecule has 0 radical (unpaired) electrons. The zero-order chi connectivity index (χ0) is 8.32. The quantitative estimate of drug-likeness (QED) is 0.608. The van der Waals surface area contributed by atoms with Crippen molar-refractivity contribution in [3.05, 3.63) is 0 Å². The van der Waals surface area contributed by atoms with Crippen LogP contribution in [0.2, 0.25) is 0 Å². The summed E-state index contributed by atoms with van der Waals surface area (Å²) in [6.07, 6.45) is 6.48. The average molecular weight is 156 g/mol. The molecule has 1 heteroatoms. The van der Waals surface area contributed by atoms with E-state index in [9.17, 15) is 0 Å². The van der Waals surface area contributed by atoms with Gasteiger partial charge in [-0.3, -0.25) is 0 Å². The lowest BCUT2D eigenvalue weighted by molar-refractivity contribution is -0.0865. The van der Waals surface area contributed by atoms with E-state index in [-0.39, 0.29) is 5.60 Å². The average Bonchev–Trinajstić information content (AvgIpc) is 1.96. The Labute approximate surface area is 70.1 Å². The van der Waals surface area contributed by atoms with E-state index in [1.165, 1.54) is 32.1 Å². The Kier molecular flexibility index (Phi) is 2.94. The SMILES string of the molecule is CCC(C)CC1(OC)CCC1. The van der Waals surface area contributed by atoms with Crippen LogP contribution < -0.4 is 0 Å².